The summed E-state index contributed by atoms with van der Waals surface area (Å²) < 4.78 is 17.0. The summed E-state index contributed by atoms with van der Waals surface area (Å²) in [6.07, 6.45) is 0. The van der Waals surface area contributed by atoms with E-state index in [1.807, 2.05) is 0 Å². The van der Waals surface area contributed by atoms with Crippen LogP contribution in [0.3, 0.4) is 0 Å². The summed E-state index contributed by atoms with van der Waals surface area (Å²) in [7, 11) is -6.74. The molecule has 0 aliphatic rings. The fraction of sp³-hybridized carbons (Fsp3) is 0. The molecule has 0 atom stereocenters. The Morgan fingerprint density at radius 2 is 0.700 bits per heavy atom. The second-order valence-corrected chi connectivity index (χ2v) is 1.34. The Balaban J connectivity index is -0.0000000300. The number of hydrogen-bond acceptors (Lipinski definition) is 6. The fourth-order valence-electron chi connectivity index (χ4n) is 0. The van der Waals surface area contributed by atoms with Crippen molar-refractivity contribution in [2.75, 3.05) is 0 Å². The fourth-order valence-corrected chi connectivity index (χ4v) is 0. The molecule has 0 N–H and O–H groups in total. The standard InChI is InChI=1S/2Mg.2HO3P/c;;2*1-4(2)3/h;;2*(H,1,2,3)/q2*+2;;/p-2. The molecule has 0 unspecified atom stereocenters. The molecule has 0 spiro atoms. The van der Waals surface area contributed by atoms with Gasteiger partial charge in [-0.15, -0.1) is 0 Å². The summed E-state index contributed by atoms with van der Waals surface area (Å²) in [4.78, 5) is 33.9. The van der Waals surface area contributed by atoms with Gasteiger partial charge in [-0.2, -0.15) is 0 Å². The van der Waals surface area contributed by atoms with Gasteiger partial charge in [-0.05, 0) is 0 Å². The molecule has 6 nitrogen and oxygen atoms in total. The quantitative estimate of drug-likeness (QED) is 0.293. The molecule has 0 aromatic carbocycles. The molecule has 0 bridgehead atoms. The maximum absolute atomic E-state index is 8.48. The van der Waals surface area contributed by atoms with Gasteiger partial charge in [0.2, 0.25) is 0 Å². The number of rotatable bonds is 0. The van der Waals surface area contributed by atoms with Gasteiger partial charge in [-0.25, -0.2) is 0 Å². The maximum atomic E-state index is 8.48. The summed E-state index contributed by atoms with van der Waals surface area (Å²) in [5.41, 5.74) is 0. The third-order valence-corrected chi connectivity index (χ3v) is 0. The van der Waals surface area contributed by atoms with Gasteiger partial charge >= 0.3 is 46.1 Å². The minimum atomic E-state index is -3.37. The molecule has 10 heteroatoms. The van der Waals surface area contributed by atoms with Crippen molar-refractivity contribution in [2.24, 2.45) is 0 Å². The number of hydrogen-bond donors (Lipinski definition) is 0. The zero-order chi connectivity index (χ0) is 7.15. The molecule has 48 valence electrons. The van der Waals surface area contributed by atoms with E-state index < -0.39 is 16.5 Å². The third kappa shape index (κ3) is 284. The van der Waals surface area contributed by atoms with E-state index in [0.717, 1.165) is 0 Å². The van der Waals surface area contributed by atoms with Crippen LogP contribution < -0.4 is 19.6 Å². The maximum Gasteiger partial charge on any atom is 2.00 e. The Kier molecular flexibility index (Phi) is 38.1. The summed E-state index contributed by atoms with van der Waals surface area (Å²) in [5, 5.41) is 0. The molecule has 0 aromatic rings. The Morgan fingerprint density at radius 1 is 0.700 bits per heavy atom. The molecule has 0 aromatic heterocycles. The van der Waals surface area contributed by atoms with Crippen LogP contribution in [0.2, 0.25) is 0 Å². The van der Waals surface area contributed by atoms with Crippen molar-refractivity contribution in [1.29, 1.82) is 0 Å². The Morgan fingerprint density at radius 3 is 0.700 bits per heavy atom. The van der Waals surface area contributed by atoms with E-state index in [1.165, 1.54) is 0 Å². The van der Waals surface area contributed by atoms with Crippen molar-refractivity contribution in [2.45, 2.75) is 0 Å². The van der Waals surface area contributed by atoms with E-state index in [2.05, 4.69) is 0 Å². The van der Waals surface area contributed by atoms with Crippen LogP contribution in [0, 0.1) is 0 Å². The van der Waals surface area contributed by atoms with Crippen molar-refractivity contribution in [3.63, 3.8) is 0 Å². The summed E-state index contributed by atoms with van der Waals surface area (Å²) >= 11 is 0. The molecular formula is Mg2O6P2+2. The van der Waals surface area contributed by atoms with E-state index >= 15 is 0 Å². The molecular weight excluding hydrogens is 207 g/mol. The Hall–Kier alpha value is 1.57. The average Bonchev–Trinajstić information content (AvgIpc) is 1.25. The first-order valence-electron chi connectivity index (χ1n) is 1.10. The zero-order valence-corrected chi connectivity index (χ0v) is 9.38. The molecule has 0 saturated carbocycles. The van der Waals surface area contributed by atoms with Crippen molar-refractivity contribution in [3.8, 4) is 0 Å². The third-order valence-electron chi connectivity index (χ3n) is 0. The van der Waals surface area contributed by atoms with Crippen LogP contribution in [-0.4, -0.2) is 46.1 Å². The van der Waals surface area contributed by atoms with Crippen LogP contribution in [-0.2, 0) is 9.13 Å². The first-order chi connectivity index (χ1) is 3.46. The van der Waals surface area contributed by atoms with Gasteiger partial charge in [0.05, 0.1) is 0 Å². The molecule has 0 rings (SSSR count). The second kappa shape index (κ2) is 16.9. The van der Waals surface area contributed by atoms with Gasteiger partial charge in [-0.3, -0.25) is 0 Å². The van der Waals surface area contributed by atoms with Crippen molar-refractivity contribution in [3.05, 3.63) is 0 Å². The van der Waals surface area contributed by atoms with Gasteiger partial charge in [-0.1, -0.05) is 9.13 Å². The minimum absolute atomic E-state index is 0. The Bertz CT molecular complexity index is 71.7. The Labute approximate surface area is 90.9 Å². The molecule has 0 heterocycles. The predicted octanol–water partition coefficient (Wildman–Crippen LogP) is -4.03. The van der Waals surface area contributed by atoms with Crippen LogP contribution in [0.25, 0.3) is 0 Å². The van der Waals surface area contributed by atoms with Gasteiger partial charge in [0.25, 0.3) is 16.5 Å². The summed E-state index contributed by atoms with van der Waals surface area (Å²) in [6, 6.07) is 0. The first-order valence-corrected chi connectivity index (χ1v) is 3.29. The van der Waals surface area contributed by atoms with Gasteiger partial charge < -0.3 is 19.6 Å². The van der Waals surface area contributed by atoms with Crippen molar-refractivity contribution >= 4 is 62.6 Å². The van der Waals surface area contributed by atoms with E-state index in [1.54, 1.807) is 0 Å². The topological polar surface area (TPSA) is 126 Å². The van der Waals surface area contributed by atoms with Crippen LogP contribution >= 0.6 is 16.5 Å². The van der Waals surface area contributed by atoms with Gasteiger partial charge in [0.15, 0.2) is 0 Å². The van der Waals surface area contributed by atoms with Gasteiger partial charge in [0, 0.05) is 0 Å². The largest absolute Gasteiger partial charge is 2.00 e. The van der Waals surface area contributed by atoms with E-state index in [0.29, 0.717) is 0 Å². The van der Waals surface area contributed by atoms with E-state index in [4.69, 9.17) is 28.7 Å². The van der Waals surface area contributed by atoms with Crippen molar-refractivity contribution < 1.29 is 28.7 Å². The summed E-state index contributed by atoms with van der Waals surface area (Å²) in [6.45, 7) is 0. The van der Waals surface area contributed by atoms with E-state index in [9.17, 15) is 0 Å². The SMILES string of the molecule is O=[P+]([O-])[O-].O=[P+]([O-])[O-].[Mg+2].[Mg+2]. The zero-order valence-electron chi connectivity index (χ0n) is 4.76. The van der Waals surface area contributed by atoms with Crippen LogP contribution in [0.4, 0.5) is 0 Å². The molecule has 0 amide bonds. The van der Waals surface area contributed by atoms with Crippen LogP contribution in [0.15, 0.2) is 0 Å². The smallest absolute Gasteiger partial charge is 0.598 e. The van der Waals surface area contributed by atoms with E-state index in [-0.39, 0.29) is 46.1 Å². The molecule has 0 aliphatic heterocycles. The van der Waals surface area contributed by atoms with Crippen molar-refractivity contribution in [1.82, 2.24) is 0 Å². The molecule has 10 heavy (non-hydrogen) atoms. The molecule has 0 aliphatic carbocycles. The van der Waals surface area contributed by atoms with Crippen LogP contribution in [0.5, 0.6) is 0 Å². The van der Waals surface area contributed by atoms with Crippen LogP contribution in [0.1, 0.15) is 0 Å². The molecule has 0 fully saturated rings. The average molecular weight is 207 g/mol. The molecule has 0 radical (unpaired) electrons. The van der Waals surface area contributed by atoms with Gasteiger partial charge in [0.1, 0.15) is 0 Å². The monoisotopic (exact) mass is 206 g/mol. The first kappa shape index (κ1) is 22.6. The molecule has 0 saturated heterocycles. The normalized spacial score (nSPS) is 5.20. The summed E-state index contributed by atoms with van der Waals surface area (Å²) in [5.74, 6) is 0. The predicted molar refractivity (Wildman–Crippen MR) is 26.7 cm³/mol. The minimum Gasteiger partial charge on any atom is -0.598 e. The second-order valence-electron chi connectivity index (χ2n) is 0.447.